The average molecular weight is 501 g/mol. The smallest absolute Gasteiger partial charge is 0.322 e. The SMILES string of the molecule is CCSc1ccc(Cc2nnc(NC(=O)c3ccc(S(=O)(=O)N4CCCCC4C)cc3)o2)cc1. The normalized spacial score (nSPS) is 16.9. The van der Waals surface area contributed by atoms with Crippen molar-refractivity contribution in [3.63, 3.8) is 0 Å². The molecule has 0 radical (unpaired) electrons. The van der Waals surface area contributed by atoms with Gasteiger partial charge in [-0.15, -0.1) is 16.9 Å². The van der Waals surface area contributed by atoms with Crippen molar-refractivity contribution >= 4 is 33.7 Å². The molecule has 0 bridgehead atoms. The number of aromatic nitrogens is 2. The molecule has 0 aliphatic carbocycles. The number of piperidine rings is 1. The van der Waals surface area contributed by atoms with E-state index in [-0.39, 0.29) is 17.0 Å². The molecule has 10 heteroatoms. The summed E-state index contributed by atoms with van der Waals surface area (Å²) in [6, 6.07) is 14.0. The van der Waals surface area contributed by atoms with E-state index in [1.165, 1.54) is 29.2 Å². The number of sulfonamides is 1. The van der Waals surface area contributed by atoms with Gasteiger partial charge in [0, 0.05) is 23.0 Å². The predicted octanol–water partition coefficient (Wildman–Crippen LogP) is 4.59. The standard InChI is InChI=1S/C24H28N4O4S2/c1-3-33-20-11-7-18(8-12-20)16-22-26-27-24(32-22)25-23(29)19-9-13-21(14-10-19)34(30,31)28-15-5-4-6-17(28)2/h7-14,17H,3-6,15-16H2,1-2H3,(H,25,27,29). The zero-order valence-electron chi connectivity index (χ0n) is 19.2. The van der Waals surface area contributed by atoms with Crippen LogP contribution >= 0.6 is 11.8 Å². The molecule has 180 valence electrons. The van der Waals surface area contributed by atoms with Gasteiger partial charge >= 0.3 is 6.01 Å². The zero-order valence-corrected chi connectivity index (χ0v) is 20.9. The molecule has 1 atom stereocenters. The molecule has 1 aromatic heterocycles. The van der Waals surface area contributed by atoms with E-state index in [9.17, 15) is 13.2 Å². The first-order valence-electron chi connectivity index (χ1n) is 11.3. The fourth-order valence-electron chi connectivity index (χ4n) is 3.93. The van der Waals surface area contributed by atoms with Gasteiger partial charge in [-0.2, -0.15) is 4.31 Å². The number of anilines is 1. The Labute approximate surface area is 204 Å². The molecule has 8 nitrogen and oxygen atoms in total. The van der Waals surface area contributed by atoms with E-state index in [0.717, 1.165) is 30.6 Å². The minimum absolute atomic E-state index is 0.00278. The second-order valence-corrected chi connectivity index (χ2v) is 11.4. The van der Waals surface area contributed by atoms with Crippen molar-refractivity contribution in [1.29, 1.82) is 0 Å². The minimum atomic E-state index is -3.59. The lowest BCUT2D eigenvalue weighted by molar-refractivity contribution is 0.102. The Kier molecular flexibility index (Phi) is 7.70. The van der Waals surface area contributed by atoms with Crippen molar-refractivity contribution in [2.75, 3.05) is 17.6 Å². The highest BCUT2D eigenvalue weighted by Gasteiger charge is 2.31. The van der Waals surface area contributed by atoms with Gasteiger partial charge in [0.05, 0.1) is 11.3 Å². The summed E-state index contributed by atoms with van der Waals surface area (Å²) in [6.07, 6.45) is 3.21. The first-order valence-corrected chi connectivity index (χ1v) is 13.8. The molecule has 3 aromatic rings. The number of rotatable bonds is 8. The third kappa shape index (κ3) is 5.68. The Balaban J connectivity index is 1.38. The maximum Gasteiger partial charge on any atom is 0.322 e. The molecule has 0 saturated carbocycles. The lowest BCUT2D eigenvalue weighted by atomic mass is 10.1. The highest BCUT2D eigenvalue weighted by molar-refractivity contribution is 7.99. The molecule has 1 N–H and O–H groups in total. The Morgan fingerprint density at radius 3 is 2.53 bits per heavy atom. The van der Waals surface area contributed by atoms with Gasteiger partial charge in [-0.3, -0.25) is 10.1 Å². The Morgan fingerprint density at radius 2 is 1.85 bits per heavy atom. The van der Waals surface area contributed by atoms with Crippen LogP contribution in [0.2, 0.25) is 0 Å². The van der Waals surface area contributed by atoms with Crippen LogP contribution in [0.4, 0.5) is 6.01 Å². The second kappa shape index (κ2) is 10.7. The van der Waals surface area contributed by atoms with E-state index in [0.29, 0.717) is 24.4 Å². The summed E-state index contributed by atoms with van der Waals surface area (Å²) in [6.45, 7) is 4.56. The molecule has 2 aromatic carbocycles. The zero-order chi connectivity index (χ0) is 24.1. The number of benzene rings is 2. The lowest BCUT2D eigenvalue weighted by Crippen LogP contribution is -2.41. The molecule has 1 aliphatic heterocycles. The molecular formula is C24H28N4O4S2. The number of thioether (sulfide) groups is 1. The lowest BCUT2D eigenvalue weighted by Gasteiger charge is -2.32. The van der Waals surface area contributed by atoms with E-state index in [1.54, 1.807) is 16.1 Å². The molecule has 2 heterocycles. The monoisotopic (exact) mass is 500 g/mol. The van der Waals surface area contributed by atoms with Gasteiger partial charge < -0.3 is 4.42 Å². The molecule has 1 amide bonds. The van der Waals surface area contributed by atoms with Crippen molar-refractivity contribution in [2.24, 2.45) is 0 Å². The molecule has 0 spiro atoms. The number of carbonyl (C=O) groups is 1. The van der Waals surface area contributed by atoms with Crippen LogP contribution in [0.1, 0.15) is 54.9 Å². The van der Waals surface area contributed by atoms with Gasteiger partial charge in [0.1, 0.15) is 0 Å². The largest absolute Gasteiger partial charge is 0.407 e. The highest BCUT2D eigenvalue weighted by Crippen LogP contribution is 2.25. The summed E-state index contributed by atoms with van der Waals surface area (Å²) < 4.78 is 33.0. The summed E-state index contributed by atoms with van der Waals surface area (Å²) in [5.41, 5.74) is 1.33. The molecule has 1 unspecified atom stereocenters. The fraction of sp³-hybridized carbons (Fsp3) is 0.375. The summed E-state index contributed by atoms with van der Waals surface area (Å²) in [5.74, 6) is 0.956. The molecule has 1 fully saturated rings. The molecule has 1 aliphatic rings. The van der Waals surface area contributed by atoms with E-state index >= 15 is 0 Å². The van der Waals surface area contributed by atoms with Gasteiger partial charge in [-0.05, 0) is 67.5 Å². The molecule has 4 rings (SSSR count). The number of hydrogen-bond acceptors (Lipinski definition) is 7. The van der Waals surface area contributed by atoms with Crippen LogP contribution in [-0.4, -0.2) is 47.2 Å². The Hall–Kier alpha value is -2.69. The van der Waals surface area contributed by atoms with E-state index in [1.807, 2.05) is 19.1 Å². The highest BCUT2D eigenvalue weighted by atomic mass is 32.2. The summed E-state index contributed by atoms with van der Waals surface area (Å²) in [4.78, 5) is 14.0. The van der Waals surface area contributed by atoms with Gasteiger partial charge in [-0.1, -0.05) is 30.6 Å². The maximum absolute atomic E-state index is 13.0. The van der Waals surface area contributed by atoms with Gasteiger partial charge in [0.25, 0.3) is 5.91 Å². The maximum atomic E-state index is 13.0. The first kappa shape index (κ1) is 24.4. The van der Waals surface area contributed by atoms with Crippen LogP contribution in [0, 0.1) is 0 Å². The van der Waals surface area contributed by atoms with Crippen molar-refractivity contribution in [1.82, 2.24) is 14.5 Å². The number of hydrogen-bond donors (Lipinski definition) is 1. The van der Waals surface area contributed by atoms with Crippen molar-refractivity contribution < 1.29 is 17.6 Å². The van der Waals surface area contributed by atoms with Crippen molar-refractivity contribution in [2.45, 2.75) is 55.4 Å². The summed E-state index contributed by atoms with van der Waals surface area (Å²) in [7, 11) is -3.59. The number of carbonyl (C=O) groups excluding carboxylic acids is 1. The Morgan fingerprint density at radius 1 is 1.12 bits per heavy atom. The van der Waals surface area contributed by atoms with E-state index in [4.69, 9.17) is 4.42 Å². The van der Waals surface area contributed by atoms with Crippen LogP contribution in [0.25, 0.3) is 0 Å². The molecule has 34 heavy (non-hydrogen) atoms. The number of nitrogens with one attached hydrogen (secondary N) is 1. The van der Waals surface area contributed by atoms with Gasteiger partial charge in [0.15, 0.2) is 0 Å². The quantitative estimate of drug-likeness (QED) is 0.451. The topological polar surface area (TPSA) is 105 Å². The van der Waals surface area contributed by atoms with E-state index < -0.39 is 15.9 Å². The van der Waals surface area contributed by atoms with Crippen LogP contribution in [-0.2, 0) is 16.4 Å². The third-order valence-corrected chi connectivity index (χ3v) is 8.66. The third-order valence-electron chi connectivity index (χ3n) is 5.74. The number of amides is 1. The summed E-state index contributed by atoms with van der Waals surface area (Å²) >= 11 is 1.77. The van der Waals surface area contributed by atoms with Gasteiger partial charge in [-0.25, -0.2) is 8.42 Å². The predicted molar refractivity (Wildman–Crippen MR) is 132 cm³/mol. The molecular weight excluding hydrogens is 472 g/mol. The Bertz CT molecular complexity index is 1220. The first-order chi connectivity index (χ1) is 16.4. The second-order valence-electron chi connectivity index (χ2n) is 8.19. The van der Waals surface area contributed by atoms with Crippen LogP contribution in [0.15, 0.2) is 62.7 Å². The van der Waals surface area contributed by atoms with Crippen molar-refractivity contribution in [3.05, 3.63) is 65.5 Å². The number of nitrogens with zero attached hydrogens (tertiary/aromatic N) is 3. The van der Waals surface area contributed by atoms with Crippen molar-refractivity contribution in [3.8, 4) is 0 Å². The minimum Gasteiger partial charge on any atom is -0.407 e. The fourth-order valence-corrected chi connectivity index (χ4v) is 6.29. The molecule has 1 saturated heterocycles. The van der Waals surface area contributed by atoms with Crippen LogP contribution < -0.4 is 5.32 Å². The van der Waals surface area contributed by atoms with E-state index in [2.05, 4.69) is 34.6 Å². The van der Waals surface area contributed by atoms with Gasteiger partial charge in [0.2, 0.25) is 15.9 Å². The summed E-state index contributed by atoms with van der Waals surface area (Å²) in [5, 5.41) is 10.5. The van der Waals surface area contributed by atoms with Crippen LogP contribution in [0.5, 0.6) is 0 Å². The van der Waals surface area contributed by atoms with Crippen LogP contribution in [0.3, 0.4) is 0 Å². The average Bonchev–Trinajstić information content (AvgIpc) is 3.27.